The van der Waals surface area contributed by atoms with Crippen molar-refractivity contribution in [3.8, 4) is 0 Å². The monoisotopic (exact) mass is 230 g/mol. The lowest BCUT2D eigenvalue weighted by Crippen LogP contribution is -2.43. The largest absolute Gasteiger partial charge is 0.374 e. The number of rotatable bonds is 3. The Hall–Kier alpha value is -1.44. The maximum absolute atomic E-state index is 3.82. The highest BCUT2D eigenvalue weighted by Gasteiger charge is 2.14. The third-order valence-corrected chi connectivity index (χ3v) is 3.50. The van der Waals surface area contributed by atoms with E-state index in [1.807, 2.05) is 6.20 Å². The van der Waals surface area contributed by atoms with E-state index in [0.717, 1.165) is 26.2 Å². The quantitative estimate of drug-likeness (QED) is 0.787. The Morgan fingerprint density at radius 2 is 1.65 bits per heavy atom. The predicted molar refractivity (Wildman–Crippen MR) is 74.5 cm³/mol. The lowest BCUT2D eigenvalue weighted by molar-refractivity contribution is 0.350. The normalized spacial score (nSPS) is 16.4. The van der Waals surface area contributed by atoms with Gasteiger partial charge in [0.25, 0.3) is 0 Å². The molecule has 2 nitrogen and oxygen atoms in total. The Morgan fingerprint density at radius 1 is 1.06 bits per heavy atom. The van der Waals surface area contributed by atoms with Gasteiger partial charge in [-0.05, 0) is 29.8 Å². The molecule has 0 amide bonds. The zero-order valence-corrected chi connectivity index (χ0v) is 10.9. The van der Waals surface area contributed by atoms with Crippen LogP contribution >= 0.6 is 0 Å². The molecule has 0 bridgehead atoms. The highest BCUT2D eigenvalue weighted by atomic mass is 15.2. The predicted octanol–water partition coefficient (Wildman–Crippen LogP) is 3.08. The van der Waals surface area contributed by atoms with Crippen molar-refractivity contribution in [1.29, 1.82) is 0 Å². The van der Waals surface area contributed by atoms with Crippen LogP contribution in [0.5, 0.6) is 0 Å². The Labute approximate surface area is 105 Å². The van der Waals surface area contributed by atoms with Gasteiger partial charge in [-0.2, -0.15) is 0 Å². The van der Waals surface area contributed by atoms with Crippen molar-refractivity contribution in [3.05, 3.63) is 42.6 Å². The molecule has 1 aliphatic rings. The fourth-order valence-corrected chi connectivity index (χ4v) is 2.23. The van der Waals surface area contributed by atoms with Crippen LogP contribution in [0.1, 0.15) is 25.3 Å². The number of hydrogen-bond donors (Lipinski definition) is 0. The Kier molecular flexibility index (Phi) is 3.72. The van der Waals surface area contributed by atoms with Gasteiger partial charge in [0, 0.05) is 31.9 Å². The summed E-state index contributed by atoms with van der Waals surface area (Å²) in [7, 11) is 0. The van der Waals surface area contributed by atoms with Crippen LogP contribution in [0.3, 0.4) is 0 Å². The molecule has 0 aliphatic carbocycles. The minimum atomic E-state index is 0.613. The second-order valence-corrected chi connectivity index (χ2v) is 4.95. The third-order valence-electron chi connectivity index (χ3n) is 3.50. The molecule has 0 saturated carbocycles. The summed E-state index contributed by atoms with van der Waals surface area (Å²) in [5.41, 5.74) is 2.76. The van der Waals surface area contributed by atoms with Crippen LogP contribution in [0, 0.1) is 0 Å². The van der Waals surface area contributed by atoms with Gasteiger partial charge in [-0.3, -0.25) is 0 Å². The summed E-state index contributed by atoms with van der Waals surface area (Å²) in [6, 6.07) is 9.00. The van der Waals surface area contributed by atoms with Gasteiger partial charge >= 0.3 is 0 Å². The molecule has 92 valence electrons. The van der Waals surface area contributed by atoms with Crippen molar-refractivity contribution in [1.82, 2.24) is 4.90 Å². The minimum absolute atomic E-state index is 0.613. The van der Waals surface area contributed by atoms with E-state index >= 15 is 0 Å². The molecule has 1 aromatic rings. The first-order valence-corrected chi connectivity index (χ1v) is 6.42. The molecule has 1 aliphatic heterocycles. The summed E-state index contributed by atoms with van der Waals surface area (Å²) in [6.45, 7) is 12.6. The van der Waals surface area contributed by atoms with E-state index < -0.39 is 0 Å². The molecule has 0 unspecified atom stereocenters. The molecule has 1 heterocycles. The standard InChI is InChI=1S/C15H22N2/c1-4-16-9-11-17(12-10-16)15-7-5-14(6-8-15)13(2)3/h4-8,13H,1,9-12H2,2-3H3. The molecule has 17 heavy (non-hydrogen) atoms. The van der Waals surface area contributed by atoms with Gasteiger partial charge in [0.1, 0.15) is 0 Å². The van der Waals surface area contributed by atoms with E-state index in [1.54, 1.807) is 0 Å². The topological polar surface area (TPSA) is 6.48 Å². The summed E-state index contributed by atoms with van der Waals surface area (Å²) >= 11 is 0. The number of nitrogens with zero attached hydrogens (tertiary/aromatic N) is 2. The van der Waals surface area contributed by atoms with Crippen LogP contribution in [0.15, 0.2) is 37.0 Å². The SMILES string of the molecule is C=CN1CCN(c2ccc(C(C)C)cc2)CC1. The third kappa shape index (κ3) is 2.82. The van der Waals surface area contributed by atoms with E-state index in [2.05, 4.69) is 54.5 Å². The summed E-state index contributed by atoms with van der Waals surface area (Å²) < 4.78 is 0. The lowest BCUT2D eigenvalue weighted by Gasteiger charge is -2.35. The van der Waals surface area contributed by atoms with Gasteiger partial charge in [0.2, 0.25) is 0 Å². The maximum atomic E-state index is 3.82. The second-order valence-electron chi connectivity index (χ2n) is 4.95. The molecule has 0 spiro atoms. The first-order chi connectivity index (χ1) is 8.20. The van der Waals surface area contributed by atoms with Crippen molar-refractivity contribution < 1.29 is 0 Å². The van der Waals surface area contributed by atoms with E-state index in [0.29, 0.717) is 5.92 Å². The molecule has 2 rings (SSSR count). The van der Waals surface area contributed by atoms with Crippen molar-refractivity contribution in [2.75, 3.05) is 31.1 Å². The zero-order chi connectivity index (χ0) is 12.3. The van der Waals surface area contributed by atoms with Crippen LogP contribution in [0.2, 0.25) is 0 Å². The van der Waals surface area contributed by atoms with Gasteiger partial charge in [-0.25, -0.2) is 0 Å². The molecule has 0 radical (unpaired) electrons. The molecule has 1 aromatic carbocycles. The lowest BCUT2D eigenvalue weighted by atomic mass is 10.0. The Bertz CT molecular complexity index is 359. The molecule has 1 fully saturated rings. The highest BCUT2D eigenvalue weighted by Crippen LogP contribution is 2.21. The van der Waals surface area contributed by atoms with Gasteiger partial charge in [0.15, 0.2) is 0 Å². The number of hydrogen-bond acceptors (Lipinski definition) is 2. The highest BCUT2D eigenvalue weighted by molar-refractivity contribution is 5.48. The van der Waals surface area contributed by atoms with Crippen LogP contribution in [0.25, 0.3) is 0 Å². The minimum Gasteiger partial charge on any atom is -0.374 e. The molecule has 0 N–H and O–H groups in total. The summed E-state index contributed by atoms with van der Waals surface area (Å²) in [6.07, 6.45) is 1.94. The van der Waals surface area contributed by atoms with Crippen molar-refractivity contribution in [2.45, 2.75) is 19.8 Å². The van der Waals surface area contributed by atoms with Gasteiger partial charge in [0.05, 0.1) is 0 Å². The summed E-state index contributed by atoms with van der Waals surface area (Å²) in [5.74, 6) is 0.613. The fraction of sp³-hybridized carbons (Fsp3) is 0.467. The van der Waals surface area contributed by atoms with Crippen molar-refractivity contribution in [2.24, 2.45) is 0 Å². The number of benzene rings is 1. The first-order valence-electron chi connectivity index (χ1n) is 6.42. The molecular formula is C15H22N2. The van der Waals surface area contributed by atoms with Crippen LogP contribution in [-0.4, -0.2) is 31.1 Å². The molecule has 0 atom stereocenters. The average molecular weight is 230 g/mol. The van der Waals surface area contributed by atoms with E-state index in [-0.39, 0.29) is 0 Å². The first kappa shape index (κ1) is 12.0. The molecule has 0 aromatic heterocycles. The van der Waals surface area contributed by atoms with Crippen molar-refractivity contribution in [3.63, 3.8) is 0 Å². The van der Waals surface area contributed by atoms with Gasteiger partial charge < -0.3 is 9.80 Å². The molecule has 1 saturated heterocycles. The maximum Gasteiger partial charge on any atom is 0.0367 e. The van der Waals surface area contributed by atoms with Gasteiger partial charge in [-0.15, -0.1) is 0 Å². The van der Waals surface area contributed by atoms with Crippen LogP contribution in [-0.2, 0) is 0 Å². The van der Waals surface area contributed by atoms with E-state index in [9.17, 15) is 0 Å². The smallest absolute Gasteiger partial charge is 0.0367 e. The molecular weight excluding hydrogens is 208 g/mol. The molecule has 2 heteroatoms. The Balaban J connectivity index is 2.01. The average Bonchev–Trinajstić information content (AvgIpc) is 2.39. The van der Waals surface area contributed by atoms with Gasteiger partial charge in [-0.1, -0.05) is 32.6 Å². The summed E-state index contributed by atoms with van der Waals surface area (Å²) in [4.78, 5) is 4.73. The van der Waals surface area contributed by atoms with E-state index in [4.69, 9.17) is 0 Å². The Morgan fingerprint density at radius 3 is 2.12 bits per heavy atom. The fourth-order valence-electron chi connectivity index (χ4n) is 2.23. The van der Waals surface area contributed by atoms with E-state index in [1.165, 1.54) is 11.3 Å². The number of piperazine rings is 1. The van der Waals surface area contributed by atoms with Crippen LogP contribution < -0.4 is 4.90 Å². The zero-order valence-electron chi connectivity index (χ0n) is 10.9. The summed E-state index contributed by atoms with van der Waals surface area (Å²) in [5, 5.41) is 0. The van der Waals surface area contributed by atoms with Crippen molar-refractivity contribution >= 4 is 5.69 Å². The van der Waals surface area contributed by atoms with Crippen LogP contribution in [0.4, 0.5) is 5.69 Å². The number of anilines is 1. The second kappa shape index (κ2) is 5.26.